The molecule has 510 valence electrons. The van der Waals surface area contributed by atoms with Crippen molar-refractivity contribution in [3.8, 4) is 0 Å². The first-order valence-electron chi connectivity index (χ1n) is 34.0. The molecule has 5 aliphatic rings. The summed E-state index contributed by atoms with van der Waals surface area (Å²) < 4.78 is 1.08. The Morgan fingerprint density at radius 1 is 0.340 bits per heavy atom. The smallest absolute Gasteiger partial charge is 0.282 e. The minimum atomic E-state index is -0.365. The van der Waals surface area contributed by atoms with Crippen molar-refractivity contribution >= 4 is 159 Å². The van der Waals surface area contributed by atoms with Crippen LogP contribution in [0.1, 0.15) is 53.7 Å². The molecule has 5 aliphatic heterocycles. The van der Waals surface area contributed by atoms with Gasteiger partial charge in [-0.15, -0.1) is 11.3 Å². The van der Waals surface area contributed by atoms with E-state index in [4.69, 9.17) is 9.98 Å². The van der Waals surface area contributed by atoms with E-state index in [9.17, 15) is 28.8 Å². The summed E-state index contributed by atoms with van der Waals surface area (Å²) in [4.78, 5) is 115. The number of aryl methyl sites for hydroxylation is 2. The molecule has 0 aliphatic carbocycles. The number of benzene rings is 11. The third kappa shape index (κ3) is 12.6. The summed E-state index contributed by atoms with van der Waals surface area (Å²) in [6.07, 6.45) is 3.58. The molecule has 8 heterocycles. The van der Waals surface area contributed by atoms with E-state index in [2.05, 4.69) is 24.9 Å². The average molecular weight is 1400 g/mol. The number of anilines is 8. The van der Waals surface area contributed by atoms with Gasteiger partial charge in [0.05, 0.1) is 78.0 Å². The molecule has 0 radical (unpaired) electrons. The van der Waals surface area contributed by atoms with E-state index in [1.165, 1.54) is 7.05 Å². The lowest BCUT2D eigenvalue weighted by Crippen LogP contribution is -2.25. The quantitative estimate of drug-likeness (QED) is 0.144. The van der Waals surface area contributed by atoms with Crippen LogP contribution < -0.4 is 19.6 Å². The van der Waals surface area contributed by atoms with Gasteiger partial charge >= 0.3 is 0 Å². The van der Waals surface area contributed by atoms with Gasteiger partial charge in [-0.1, -0.05) is 146 Å². The molecular formula is C87H60N12O6S. The predicted molar refractivity (Wildman–Crippen MR) is 419 cm³/mol. The maximum Gasteiger partial charge on any atom is 0.282 e. The van der Waals surface area contributed by atoms with Gasteiger partial charge in [-0.25, -0.2) is 25.0 Å². The third-order valence-electron chi connectivity index (χ3n) is 18.2. The van der Waals surface area contributed by atoms with E-state index in [1.807, 2.05) is 293 Å². The fourth-order valence-corrected chi connectivity index (χ4v) is 14.1. The fourth-order valence-electron chi connectivity index (χ4n) is 13.2. The van der Waals surface area contributed by atoms with Crippen LogP contribution in [0.5, 0.6) is 0 Å². The van der Waals surface area contributed by atoms with Gasteiger partial charge in [0.25, 0.3) is 35.4 Å². The van der Waals surface area contributed by atoms with Crippen molar-refractivity contribution in [1.29, 1.82) is 0 Å². The molecule has 3 aromatic heterocycles. The number of aromatic nitrogens is 3. The largest absolute Gasteiger partial charge is 0.361 e. The molecule has 0 atom stereocenters. The second kappa shape index (κ2) is 28.3. The highest BCUT2D eigenvalue weighted by atomic mass is 32.1. The Morgan fingerprint density at radius 3 is 1.14 bits per heavy atom. The van der Waals surface area contributed by atoms with Crippen molar-refractivity contribution < 1.29 is 28.8 Å². The van der Waals surface area contributed by atoms with E-state index in [1.54, 1.807) is 55.3 Å². The van der Waals surface area contributed by atoms with Crippen LogP contribution in [0.25, 0.3) is 21.1 Å². The molecule has 0 spiro atoms. The van der Waals surface area contributed by atoms with Crippen LogP contribution in [-0.4, -0.2) is 85.2 Å². The minimum Gasteiger partial charge on any atom is -0.361 e. The van der Waals surface area contributed by atoms with Gasteiger partial charge < -0.3 is 4.98 Å². The molecule has 19 heteroatoms. The second-order valence-corrected chi connectivity index (χ2v) is 26.2. The van der Waals surface area contributed by atoms with Gasteiger partial charge in [-0.2, -0.15) is 0 Å². The summed E-state index contributed by atoms with van der Waals surface area (Å²) in [6, 6.07) is 91.4. The number of rotatable bonds is 8. The Morgan fingerprint density at radius 2 is 0.708 bits per heavy atom. The standard InChI is InChI=1S/C23H15N3O3.C22H15N3OS.C22H15N3O.C20H15N3O/c1-25-21(27)16-12-11-14(13-18(16)22(25)28)24-20-17-9-5-6-10-19(17)26(23(20)29)15-7-3-2-4-8-15;1-14-23-18-12-11-15(13-20(18)27-14)24-21-17-9-5-6-10-19(17)25(22(21)26)16-7-3-2-4-8-16;26-22-21(24-16-10-11-19-15(14-16)12-13-23-19)18-8-4-5-9-20(18)25(22)17-6-2-1-3-7-17;1-14-11-12-15(13-21-14)22-19-17-9-5-6-10-18(17)23(20(19)24)16-7-3-2-4-8-16/h2-13H,1H3;2-13H,1H3;1-14,23H;2-13H,1H3. The molecule has 0 saturated carbocycles. The number of pyridine rings is 1. The summed E-state index contributed by atoms with van der Waals surface area (Å²) in [6.45, 7) is 3.91. The zero-order valence-electron chi connectivity index (χ0n) is 57.1. The number of hydrogen-bond donors (Lipinski definition) is 1. The van der Waals surface area contributed by atoms with Crippen molar-refractivity contribution in [2.45, 2.75) is 13.8 Å². The van der Waals surface area contributed by atoms with E-state index in [-0.39, 0.29) is 35.4 Å². The van der Waals surface area contributed by atoms with Crippen LogP contribution in [0.3, 0.4) is 0 Å². The van der Waals surface area contributed by atoms with Gasteiger partial charge in [-0.05, 0) is 159 Å². The molecule has 1 N–H and O–H groups in total. The Balaban J connectivity index is 0.000000109. The molecule has 18 nitrogen and oxygen atoms in total. The number of H-pyrrole nitrogens is 1. The van der Waals surface area contributed by atoms with Crippen molar-refractivity contribution in [2.75, 3.05) is 26.6 Å². The van der Waals surface area contributed by atoms with Gasteiger partial charge in [0.2, 0.25) is 0 Å². The number of amides is 6. The van der Waals surface area contributed by atoms with Gasteiger partial charge in [0, 0.05) is 74.8 Å². The molecule has 14 aromatic rings. The number of carbonyl (C=O) groups excluding carboxylic acids is 6. The molecule has 0 saturated heterocycles. The SMILES string of the molecule is CN1C(=O)c2ccc(N=C3C(=O)N(c4ccccc4)c4ccccc43)cc2C1=O.Cc1ccc(N=C2C(=O)N(c3ccccc3)c3ccccc32)cn1.Cc1nc2ccc(N=C3C(=O)N(c4ccccc4)c4ccccc43)cc2s1.O=C1C(=Nc2ccc3[nH]ccc3c2)c2ccccc2N1c1ccccc1. The number of nitrogens with zero attached hydrogens (tertiary/aromatic N) is 11. The normalized spacial score (nSPS) is 15.4. The summed E-state index contributed by atoms with van der Waals surface area (Å²) in [5, 5.41) is 2.10. The van der Waals surface area contributed by atoms with Gasteiger partial charge in [0.1, 0.15) is 22.8 Å². The molecular weight excluding hydrogens is 1340 g/mol. The maximum atomic E-state index is 13.2. The van der Waals surface area contributed by atoms with Crippen LogP contribution in [-0.2, 0) is 19.2 Å². The number of aliphatic imine (C=N–C) groups is 4. The number of para-hydroxylation sites is 8. The number of hydrogen-bond acceptors (Lipinski definition) is 13. The number of aromatic amines is 1. The first kappa shape index (κ1) is 66.3. The van der Waals surface area contributed by atoms with Crippen LogP contribution in [0.4, 0.5) is 68.2 Å². The zero-order valence-corrected chi connectivity index (χ0v) is 58.0. The molecule has 19 rings (SSSR count). The average Bonchev–Trinajstić information content (AvgIpc) is 1.61. The first-order valence-corrected chi connectivity index (χ1v) is 34.8. The summed E-state index contributed by atoms with van der Waals surface area (Å²) in [7, 11) is 1.45. The van der Waals surface area contributed by atoms with Crippen molar-refractivity contribution in [2.24, 2.45) is 20.0 Å². The lowest BCUT2D eigenvalue weighted by Gasteiger charge is -2.16. The Hall–Kier alpha value is -14.3. The van der Waals surface area contributed by atoms with E-state index in [0.717, 1.165) is 116 Å². The van der Waals surface area contributed by atoms with Crippen LogP contribution in [0.2, 0.25) is 0 Å². The molecule has 11 aromatic carbocycles. The van der Waals surface area contributed by atoms with Crippen LogP contribution >= 0.6 is 11.3 Å². The lowest BCUT2D eigenvalue weighted by atomic mass is 10.1. The van der Waals surface area contributed by atoms with E-state index >= 15 is 0 Å². The number of carbonyl (C=O) groups is 6. The van der Waals surface area contributed by atoms with Gasteiger partial charge in [-0.3, -0.25) is 58.3 Å². The second-order valence-electron chi connectivity index (χ2n) is 25.0. The number of thiazole rings is 1. The van der Waals surface area contributed by atoms with Crippen molar-refractivity contribution in [3.05, 3.63) is 348 Å². The molecule has 106 heavy (non-hydrogen) atoms. The zero-order chi connectivity index (χ0) is 72.5. The van der Waals surface area contributed by atoms with Crippen molar-refractivity contribution in [1.82, 2.24) is 19.9 Å². The highest BCUT2D eigenvalue weighted by Gasteiger charge is 2.39. The fraction of sp³-hybridized carbons (Fsp3) is 0.0345. The Labute approximate surface area is 612 Å². The third-order valence-corrected chi connectivity index (χ3v) is 19.2. The molecule has 0 unspecified atom stereocenters. The Bertz CT molecular complexity index is 6000. The number of fused-ring (bicyclic) bond motifs is 7. The van der Waals surface area contributed by atoms with E-state index < -0.39 is 0 Å². The molecule has 0 fully saturated rings. The summed E-state index contributed by atoms with van der Waals surface area (Å²) in [5.41, 5.74) is 17.8. The highest BCUT2D eigenvalue weighted by Crippen LogP contribution is 2.42. The Kier molecular flexibility index (Phi) is 17.7. The summed E-state index contributed by atoms with van der Waals surface area (Å²) >= 11 is 1.63. The van der Waals surface area contributed by atoms with Crippen LogP contribution in [0, 0.1) is 13.8 Å². The van der Waals surface area contributed by atoms with Gasteiger partial charge in [0.15, 0.2) is 0 Å². The van der Waals surface area contributed by atoms with Crippen LogP contribution in [0.15, 0.2) is 324 Å². The minimum absolute atomic E-state index is 0.105. The first-order chi connectivity index (χ1) is 51.8. The molecule has 6 amide bonds. The highest BCUT2D eigenvalue weighted by molar-refractivity contribution is 7.18. The lowest BCUT2D eigenvalue weighted by molar-refractivity contribution is -0.112. The molecule has 0 bridgehead atoms. The maximum absolute atomic E-state index is 13.2. The monoisotopic (exact) mass is 1400 g/mol. The topological polar surface area (TPSA) is 210 Å². The van der Waals surface area contributed by atoms with E-state index in [0.29, 0.717) is 45.3 Å². The summed E-state index contributed by atoms with van der Waals surface area (Å²) in [5.74, 6) is -1.27. The number of imide groups is 1. The number of nitrogens with one attached hydrogen (secondary N) is 1. The predicted octanol–water partition coefficient (Wildman–Crippen LogP) is 18.3. The van der Waals surface area contributed by atoms with Crippen molar-refractivity contribution in [3.63, 3.8) is 0 Å².